The molecule has 1 atom stereocenters. The molecule has 1 aliphatic rings. The smallest absolute Gasteiger partial charge is 0.323 e. The number of carbonyl (C=O) groups excluding carboxylic acids is 1. The van der Waals surface area contributed by atoms with Crippen molar-refractivity contribution in [2.75, 3.05) is 13.7 Å². The molecule has 1 aromatic carbocycles. The van der Waals surface area contributed by atoms with Crippen LogP contribution in [0.3, 0.4) is 0 Å². The Morgan fingerprint density at radius 3 is 2.79 bits per heavy atom. The van der Waals surface area contributed by atoms with Gasteiger partial charge in [-0.15, -0.1) is 11.3 Å². The standard InChI is InChI=1S/C19H24N2O2S/c1-13(2)14-6-8-15(9-7-14)18-20-16(12-24-18)11-21-10-4-5-17(21)19(22)23-3/h6-9,12-13,17H,4-5,10-11H2,1-3H3. The highest BCUT2D eigenvalue weighted by molar-refractivity contribution is 7.13. The van der Waals surface area contributed by atoms with Gasteiger partial charge in [0.1, 0.15) is 11.0 Å². The second-order valence-electron chi connectivity index (χ2n) is 6.57. The van der Waals surface area contributed by atoms with Crippen molar-refractivity contribution >= 4 is 17.3 Å². The highest BCUT2D eigenvalue weighted by Gasteiger charge is 2.31. The Kier molecular flexibility index (Phi) is 5.31. The average molecular weight is 344 g/mol. The molecule has 0 amide bonds. The molecule has 128 valence electrons. The number of thiazole rings is 1. The first-order valence-corrected chi connectivity index (χ1v) is 9.33. The van der Waals surface area contributed by atoms with Crippen LogP contribution in [0.1, 0.15) is 43.9 Å². The maximum absolute atomic E-state index is 11.8. The molecule has 3 rings (SSSR count). The van der Waals surface area contributed by atoms with Crippen LogP contribution in [0.4, 0.5) is 0 Å². The van der Waals surface area contributed by atoms with Gasteiger partial charge in [-0.3, -0.25) is 9.69 Å². The molecule has 0 aliphatic carbocycles. The molecule has 2 heterocycles. The van der Waals surface area contributed by atoms with E-state index in [0.717, 1.165) is 35.7 Å². The monoisotopic (exact) mass is 344 g/mol. The number of ether oxygens (including phenoxy) is 1. The van der Waals surface area contributed by atoms with Crippen LogP contribution in [0.15, 0.2) is 29.6 Å². The summed E-state index contributed by atoms with van der Waals surface area (Å²) in [5, 5.41) is 3.13. The maximum Gasteiger partial charge on any atom is 0.323 e. The minimum absolute atomic E-state index is 0.120. The summed E-state index contributed by atoms with van der Waals surface area (Å²) in [4.78, 5) is 18.8. The van der Waals surface area contributed by atoms with E-state index in [-0.39, 0.29) is 12.0 Å². The van der Waals surface area contributed by atoms with E-state index < -0.39 is 0 Å². The van der Waals surface area contributed by atoms with Gasteiger partial charge in [0.05, 0.1) is 12.8 Å². The Morgan fingerprint density at radius 2 is 2.12 bits per heavy atom. The van der Waals surface area contributed by atoms with Crippen molar-refractivity contribution < 1.29 is 9.53 Å². The molecule has 1 aliphatic heterocycles. The predicted octanol–water partition coefficient (Wildman–Crippen LogP) is 4.07. The molecule has 0 saturated carbocycles. The minimum Gasteiger partial charge on any atom is -0.468 e. The third-order valence-corrected chi connectivity index (χ3v) is 5.52. The lowest BCUT2D eigenvalue weighted by atomic mass is 10.0. The van der Waals surface area contributed by atoms with Gasteiger partial charge in [0.2, 0.25) is 0 Å². The molecule has 0 spiro atoms. The molecule has 2 aromatic rings. The predicted molar refractivity (Wildman–Crippen MR) is 97.1 cm³/mol. The number of carbonyl (C=O) groups is 1. The van der Waals surface area contributed by atoms with Gasteiger partial charge in [0.25, 0.3) is 0 Å². The number of hydrogen-bond acceptors (Lipinski definition) is 5. The second-order valence-corrected chi connectivity index (χ2v) is 7.43. The third kappa shape index (κ3) is 3.68. The van der Waals surface area contributed by atoms with Crippen LogP contribution >= 0.6 is 11.3 Å². The van der Waals surface area contributed by atoms with E-state index in [1.807, 2.05) is 0 Å². The zero-order valence-corrected chi connectivity index (χ0v) is 15.3. The van der Waals surface area contributed by atoms with Gasteiger partial charge in [-0.05, 0) is 30.9 Å². The number of hydrogen-bond donors (Lipinski definition) is 0. The highest BCUT2D eigenvalue weighted by atomic mass is 32.1. The fraction of sp³-hybridized carbons (Fsp3) is 0.474. The van der Waals surface area contributed by atoms with Gasteiger partial charge in [0.15, 0.2) is 0 Å². The van der Waals surface area contributed by atoms with Gasteiger partial charge in [-0.25, -0.2) is 4.98 Å². The van der Waals surface area contributed by atoms with Crippen molar-refractivity contribution in [1.82, 2.24) is 9.88 Å². The van der Waals surface area contributed by atoms with E-state index >= 15 is 0 Å². The van der Waals surface area contributed by atoms with Crippen molar-refractivity contribution in [3.05, 3.63) is 40.9 Å². The van der Waals surface area contributed by atoms with Crippen LogP contribution in [0.5, 0.6) is 0 Å². The Balaban J connectivity index is 1.70. The molecule has 4 nitrogen and oxygen atoms in total. The fourth-order valence-electron chi connectivity index (χ4n) is 3.15. The molecule has 1 saturated heterocycles. The Labute approximate surface area is 147 Å². The van der Waals surface area contributed by atoms with Crippen LogP contribution in [0.25, 0.3) is 10.6 Å². The van der Waals surface area contributed by atoms with Gasteiger partial charge < -0.3 is 4.74 Å². The Morgan fingerprint density at radius 1 is 1.38 bits per heavy atom. The Bertz CT molecular complexity index is 694. The molecule has 0 bridgehead atoms. The molecular weight excluding hydrogens is 320 g/mol. The number of aromatic nitrogens is 1. The van der Waals surface area contributed by atoms with Crippen molar-refractivity contribution in [2.45, 2.75) is 45.2 Å². The first-order chi connectivity index (χ1) is 11.6. The number of nitrogens with zero attached hydrogens (tertiary/aromatic N) is 2. The molecule has 0 N–H and O–H groups in total. The summed E-state index contributed by atoms with van der Waals surface area (Å²) >= 11 is 1.66. The van der Waals surface area contributed by atoms with Crippen LogP contribution in [0, 0.1) is 0 Å². The third-order valence-electron chi connectivity index (χ3n) is 4.58. The molecule has 1 fully saturated rings. The summed E-state index contributed by atoms with van der Waals surface area (Å²) in [6.45, 7) is 6.03. The SMILES string of the molecule is COC(=O)C1CCCN1Cc1csc(-c2ccc(C(C)C)cc2)n1. The van der Waals surface area contributed by atoms with Crippen LogP contribution in [-0.4, -0.2) is 35.5 Å². The summed E-state index contributed by atoms with van der Waals surface area (Å²) in [5.74, 6) is 0.406. The first kappa shape index (κ1) is 17.1. The van der Waals surface area contributed by atoms with Crippen molar-refractivity contribution in [1.29, 1.82) is 0 Å². The molecule has 1 unspecified atom stereocenters. The van der Waals surface area contributed by atoms with Gasteiger partial charge in [-0.2, -0.15) is 0 Å². The van der Waals surface area contributed by atoms with E-state index in [1.165, 1.54) is 12.7 Å². The number of esters is 1. The van der Waals surface area contributed by atoms with Gasteiger partial charge >= 0.3 is 5.97 Å². The lowest BCUT2D eigenvalue weighted by molar-refractivity contribution is -0.146. The summed E-state index contributed by atoms with van der Waals surface area (Å²) in [7, 11) is 1.46. The largest absolute Gasteiger partial charge is 0.468 e. The van der Waals surface area contributed by atoms with Gasteiger partial charge in [-0.1, -0.05) is 38.1 Å². The van der Waals surface area contributed by atoms with E-state index in [2.05, 4.69) is 48.4 Å². The molecule has 0 radical (unpaired) electrons. The normalized spacial score (nSPS) is 18.2. The molecule has 1 aromatic heterocycles. The summed E-state index contributed by atoms with van der Waals surface area (Å²) in [5.41, 5.74) is 3.52. The maximum atomic E-state index is 11.8. The lowest BCUT2D eigenvalue weighted by Crippen LogP contribution is -2.36. The second kappa shape index (κ2) is 7.45. The summed E-state index contributed by atoms with van der Waals surface area (Å²) in [6, 6.07) is 8.52. The van der Waals surface area contributed by atoms with E-state index in [4.69, 9.17) is 9.72 Å². The average Bonchev–Trinajstić information content (AvgIpc) is 3.24. The van der Waals surface area contributed by atoms with Crippen LogP contribution < -0.4 is 0 Å². The van der Waals surface area contributed by atoms with Crippen molar-refractivity contribution in [2.24, 2.45) is 0 Å². The van der Waals surface area contributed by atoms with Crippen LogP contribution in [0.2, 0.25) is 0 Å². The van der Waals surface area contributed by atoms with Gasteiger partial charge in [0, 0.05) is 17.5 Å². The molecule has 5 heteroatoms. The zero-order chi connectivity index (χ0) is 17.1. The summed E-state index contributed by atoms with van der Waals surface area (Å²) in [6.07, 6.45) is 1.91. The highest BCUT2D eigenvalue weighted by Crippen LogP contribution is 2.27. The number of benzene rings is 1. The number of methoxy groups -OCH3 is 1. The number of rotatable bonds is 5. The van der Waals surface area contributed by atoms with E-state index in [9.17, 15) is 4.79 Å². The van der Waals surface area contributed by atoms with E-state index in [0.29, 0.717) is 12.5 Å². The molecule has 24 heavy (non-hydrogen) atoms. The quantitative estimate of drug-likeness (QED) is 0.767. The zero-order valence-electron chi connectivity index (χ0n) is 14.5. The lowest BCUT2D eigenvalue weighted by Gasteiger charge is -2.21. The topological polar surface area (TPSA) is 42.4 Å². The van der Waals surface area contributed by atoms with E-state index in [1.54, 1.807) is 11.3 Å². The fourth-order valence-corrected chi connectivity index (χ4v) is 3.97. The van der Waals surface area contributed by atoms with Crippen LogP contribution in [-0.2, 0) is 16.1 Å². The summed E-state index contributed by atoms with van der Waals surface area (Å²) < 4.78 is 4.91. The minimum atomic E-state index is -0.132. The van der Waals surface area contributed by atoms with Crippen molar-refractivity contribution in [3.63, 3.8) is 0 Å². The molecular formula is C19H24N2O2S. The Hall–Kier alpha value is -1.72. The number of likely N-dealkylation sites (tertiary alicyclic amines) is 1. The van der Waals surface area contributed by atoms with Crippen molar-refractivity contribution in [3.8, 4) is 10.6 Å². The first-order valence-electron chi connectivity index (χ1n) is 8.45.